The molecular formula is C20H30ClN3P+. The molecule has 0 aliphatic heterocycles. The van der Waals surface area contributed by atoms with E-state index in [2.05, 4.69) is 102 Å². The lowest BCUT2D eigenvalue weighted by Gasteiger charge is -2.43. The minimum Gasteiger partial charge on any atom is -0.199 e. The van der Waals surface area contributed by atoms with Crippen LogP contribution in [0, 0.1) is 0 Å². The van der Waals surface area contributed by atoms with Crippen LogP contribution in [0.2, 0.25) is 0 Å². The summed E-state index contributed by atoms with van der Waals surface area (Å²) in [6.45, 7) is 12.3. The van der Waals surface area contributed by atoms with E-state index in [-0.39, 0.29) is 0 Å². The molecule has 0 aromatic heterocycles. The Morgan fingerprint density at radius 3 is 1.28 bits per heavy atom. The molecular weight excluding hydrogens is 349 g/mol. The number of hydrogen-bond acceptors (Lipinski definition) is 3. The lowest BCUT2D eigenvalue weighted by atomic mass is 10.3. The second-order valence-corrected chi connectivity index (χ2v) is 9.62. The Morgan fingerprint density at radius 1 is 0.640 bits per heavy atom. The van der Waals surface area contributed by atoms with Gasteiger partial charge < -0.3 is 0 Å². The topological polar surface area (TPSA) is 9.72 Å². The molecule has 0 unspecified atom stereocenters. The van der Waals surface area contributed by atoms with Crippen molar-refractivity contribution < 1.29 is 0 Å². The zero-order valence-corrected chi connectivity index (χ0v) is 17.4. The van der Waals surface area contributed by atoms with Crippen LogP contribution in [0.4, 0.5) is 11.4 Å². The predicted octanol–water partition coefficient (Wildman–Crippen LogP) is 6.30. The number of halogens is 1. The molecule has 0 spiro atoms. The highest BCUT2D eigenvalue weighted by molar-refractivity contribution is 7.99. The fourth-order valence-electron chi connectivity index (χ4n) is 3.24. The van der Waals surface area contributed by atoms with Crippen LogP contribution in [0.3, 0.4) is 0 Å². The van der Waals surface area contributed by atoms with Gasteiger partial charge >= 0.3 is 7.07 Å². The minimum atomic E-state index is -2.27. The standard InChI is InChI=1S/C20H30ClN3P/c1-5-22(6-2)25(21,23(7-3)19-15-11-9-12-16-19)24(8-4)20-17-13-10-14-18-20/h9-18H,5-8H2,1-4H3/q+1. The van der Waals surface area contributed by atoms with Crippen molar-refractivity contribution in [3.05, 3.63) is 60.7 Å². The third kappa shape index (κ3) is 4.11. The maximum atomic E-state index is 7.60. The van der Waals surface area contributed by atoms with E-state index in [1.165, 1.54) is 11.4 Å². The summed E-state index contributed by atoms with van der Waals surface area (Å²) in [6.07, 6.45) is 0. The molecule has 2 aromatic carbocycles. The first-order chi connectivity index (χ1) is 12.1. The molecule has 3 nitrogen and oxygen atoms in total. The molecule has 0 amide bonds. The summed E-state index contributed by atoms with van der Waals surface area (Å²) in [5.74, 6) is 0. The molecule has 136 valence electrons. The Kier molecular flexibility index (Phi) is 7.56. The number of para-hydroxylation sites is 2. The second kappa shape index (κ2) is 9.43. The largest absolute Gasteiger partial charge is 0.378 e. The summed E-state index contributed by atoms with van der Waals surface area (Å²) in [5, 5.41) is 0. The average molecular weight is 379 g/mol. The Balaban J connectivity index is 2.59. The van der Waals surface area contributed by atoms with Crippen LogP contribution in [0.15, 0.2) is 60.7 Å². The fraction of sp³-hybridized carbons (Fsp3) is 0.400. The Hall–Kier alpha value is -1.28. The van der Waals surface area contributed by atoms with Gasteiger partial charge in [0.2, 0.25) is 0 Å². The molecule has 2 aromatic rings. The first kappa shape index (κ1) is 20.0. The number of nitrogens with zero attached hydrogens (tertiary/aromatic N) is 3. The Labute approximate surface area is 158 Å². The summed E-state index contributed by atoms with van der Waals surface area (Å²) in [5.41, 5.74) is 2.35. The van der Waals surface area contributed by atoms with Crippen LogP contribution in [0.25, 0.3) is 0 Å². The summed E-state index contributed by atoms with van der Waals surface area (Å²) in [7, 11) is -2.27. The van der Waals surface area contributed by atoms with Crippen LogP contribution in [-0.4, -0.2) is 30.8 Å². The summed E-state index contributed by atoms with van der Waals surface area (Å²) in [6, 6.07) is 21.1. The maximum Gasteiger partial charge on any atom is 0.378 e. The molecule has 0 N–H and O–H groups in total. The Bertz CT molecular complexity index is 572. The highest BCUT2D eigenvalue weighted by Gasteiger charge is 2.55. The van der Waals surface area contributed by atoms with Crippen LogP contribution in [0.5, 0.6) is 0 Å². The van der Waals surface area contributed by atoms with E-state index in [1.807, 2.05) is 0 Å². The van der Waals surface area contributed by atoms with Crippen molar-refractivity contribution in [1.82, 2.24) is 4.67 Å². The van der Waals surface area contributed by atoms with E-state index < -0.39 is 7.07 Å². The second-order valence-electron chi connectivity index (χ2n) is 5.74. The molecule has 25 heavy (non-hydrogen) atoms. The molecule has 0 fully saturated rings. The number of anilines is 2. The van der Waals surface area contributed by atoms with Crippen molar-refractivity contribution >= 4 is 29.7 Å². The molecule has 0 saturated carbocycles. The van der Waals surface area contributed by atoms with Gasteiger partial charge in [0.1, 0.15) is 0 Å². The maximum absolute atomic E-state index is 7.60. The highest BCUT2D eigenvalue weighted by Crippen LogP contribution is 2.73. The fourth-order valence-corrected chi connectivity index (χ4v) is 8.21. The van der Waals surface area contributed by atoms with Gasteiger partial charge in [-0.1, -0.05) is 36.4 Å². The van der Waals surface area contributed by atoms with Gasteiger partial charge in [0.05, 0.1) is 24.5 Å². The third-order valence-electron chi connectivity index (χ3n) is 4.41. The molecule has 5 heteroatoms. The molecule has 0 radical (unpaired) electrons. The normalized spacial score (nSPS) is 11.6. The van der Waals surface area contributed by atoms with Crippen LogP contribution >= 0.6 is 18.3 Å². The van der Waals surface area contributed by atoms with Crippen molar-refractivity contribution in [2.75, 3.05) is 35.5 Å². The van der Waals surface area contributed by atoms with E-state index >= 15 is 0 Å². The van der Waals surface area contributed by atoms with E-state index in [9.17, 15) is 0 Å². The van der Waals surface area contributed by atoms with Crippen molar-refractivity contribution in [2.24, 2.45) is 0 Å². The van der Waals surface area contributed by atoms with E-state index in [0.29, 0.717) is 0 Å². The van der Waals surface area contributed by atoms with Gasteiger partial charge in [-0.2, -0.15) is 9.34 Å². The lowest BCUT2D eigenvalue weighted by Crippen LogP contribution is -2.43. The summed E-state index contributed by atoms with van der Waals surface area (Å²) >= 11 is 7.60. The van der Waals surface area contributed by atoms with Crippen molar-refractivity contribution in [1.29, 1.82) is 0 Å². The number of benzene rings is 2. The first-order valence-electron chi connectivity index (χ1n) is 9.13. The molecule has 0 heterocycles. The zero-order valence-electron chi connectivity index (χ0n) is 15.8. The average Bonchev–Trinajstić information content (AvgIpc) is 2.65. The van der Waals surface area contributed by atoms with Gasteiger partial charge in [-0.05, 0) is 52.0 Å². The van der Waals surface area contributed by atoms with Crippen LogP contribution in [0.1, 0.15) is 27.7 Å². The summed E-state index contributed by atoms with van der Waals surface area (Å²) < 4.78 is 7.19. The number of hydrogen-bond donors (Lipinski definition) is 0. The molecule has 0 aliphatic rings. The van der Waals surface area contributed by atoms with Crippen LogP contribution < -0.4 is 9.34 Å². The smallest absolute Gasteiger partial charge is 0.199 e. The SMILES string of the molecule is CCN(CC)[P+](Cl)(N(CC)c1ccccc1)N(CC)c1ccccc1. The Morgan fingerprint density at radius 2 is 1.00 bits per heavy atom. The van der Waals surface area contributed by atoms with Gasteiger partial charge in [0.15, 0.2) is 11.2 Å². The number of rotatable bonds is 9. The molecule has 0 atom stereocenters. The third-order valence-corrected chi connectivity index (χ3v) is 9.69. The molecule has 0 saturated heterocycles. The first-order valence-corrected chi connectivity index (χ1v) is 11.7. The van der Waals surface area contributed by atoms with Gasteiger partial charge in [0.25, 0.3) is 0 Å². The van der Waals surface area contributed by atoms with Gasteiger partial charge in [-0.15, -0.1) is 4.67 Å². The van der Waals surface area contributed by atoms with Crippen molar-refractivity contribution in [3.8, 4) is 0 Å². The van der Waals surface area contributed by atoms with Gasteiger partial charge in [0, 0.05) is 13.1 Å². The van der Waals surface area contributed by atoms with Gasteiger partial charge in [-0.3, -0.25) is 0 Å². The minimum absolute atomic E-state index is 0.862. The monoisotopic (exact) mass is 378 g/mol. The van der Waals surface area contributed by atoms with E-state index in [1.54, 1.807) is 0 Å². The van der Waals surface area contributed by atoms with Crippen molar-refractivity contribution in [2.45, 2.75) is 27.7 Å². The van der Waals surface area contributed by atoms with Crippen molar-refractivity contribution in [3.63, 3.8) is 0 Å². The van der Waals surface area contributed by atoms with Gasteiger partial charge in [-0.25, -0.2) is 0 Å². The highest BCUT2D eigenvalue weighted by atomic mass is 35.7. The molecule has 0 aliphatic carbocycles. The van der Waals surface area contributed by atoms with E-state index in [4.69, 9.17) is 11.2 Å². The zero-order chi connectivity index (χ0) is 18.3. The lowest BCUT2D eigenvalue weighted by molar-refractivity contribution is 0.496. The molecule has 0 bridgehead atoms. The molecule has 2 rings (SSSR count). The predicted molar refractivity (Wildman–Crippen MR) is 115 cm³/mol. The summed E-state index contributed by atoms with van der Waals surface area (Å²) in [4.78, 5) is 0. The van der Waals surface area contributed by atoms with Crippen LogP contribution in [-0.2, 0) is 0 Å². The quantitative estimate of drug-likeness (QED) is 0.474. The van der Waals surface area contributed by atoms with E-state index in [0.717, 1.165) is 26.2 Å².